The Labute approximate surface area is 113 Å². The molecule has 0 aromatic heterocycles. The Kier molecular flexibility index (Phi) is 3.51. The Bertz CT molecular complexity index is 548. The summed E-state index contributed by atoms with van der Waals surface area (Å²) in [6.45, 7) is 0.873. The van der Waals surface area contributed by atoms with E-state index in [1.54, 1.807) is 0 Å². The van der Waals surface area contributed by atoms with Crippen molar-refractivity contribution in [3.05, 3.63) is 65.2 Å². The highest BCUT2D eigenvalue weighted by Crippen LogP contribution is 2.29. The summed E-state index contributed by atoms with van der Waals surface area (Å²) in [4.78, 5) is 0. The number of rotatable bonds is 4. The summed E-state index contributed by atoms with van der Waals surface area (Å²) in [5, 5.41) is 9.23. The molecule has 2 nitrogen and oxygen atoms in total. The first-order valence-electron chi connectivity index (χ1n) is 6.74. The van der Waals surface area contributed by atoms with E-state index in [9.17, 15) is 5.11 Å². The number of hydrogen-bond donors (Lipinski definition) is 1. The van der Waals surface area contributed by atoms with Crippen LogP contribution in [0, 0.1) is 5.92 Å². The lowest BCUT2D eigenvalue weighted by Crippen LogP contribution is -2.04. The van der Waals surface area contributed by atoms with Crippen molar-refractivity contribution in [2.45, 2.75) is 19.4 Å². The van der Waals surface area contributed by atoms with Crippen LogP contribution >= 0.6 is 0 Å². The normalized spacial score (nSPS) is 17.2. The molecule has 19 heavy (non-hydrogen) atoms. The van der Waals surface area contributed by atoms with Gasteiger partial charge in [-0.1, -0.05) is 36.4 Å². The highest BCUT2D eigenvalue weighted by atomic mass is 16.5. The van der Waals surface area contributed by atoms with Gasteiger partial charge in [0.2, 0.25) is 0 Å². The molecule has 3 rings (SSSR count). The van der Waals surface area contributed by atoms with Crippen molar-refractivity contribution in [2.75, 3.05) is 6.61 Å². The van der Waals surface area contributed by atoms with Gasteiger partial charge < -0.3 is 9.84 Å². The number of fused-ring (bicyclic) bond motifs is 1. The maximum Gasteiger partial charge on any atom is 0.120 e. The number of aliphatic hydroxyl groups is 1. The fraction of sp³-hybridized carbons (Fsp3) is 0.294. The van der Waals surface area contributed by atoms with Gasteiger partial charge in [-0.05, 0) is 47.6 Å². The van der Waals surface area contributed by atoms with Crippen molar-refractivity contribution in [3.8, 4) is 5.75 Å². The van der Waals surface area contributed by atoms with Crippen LogP contribution in [0.15, 0.2) is 48.5 Å². The van der Waals surface area contributed by atoms with Crippen LogP contribution in [-0.4, -0.2) is 11.7 Å². The molecule has 0 spiro atoms. The lowest BCUT2D eigenvalue weighted by Gasteiger charge is -2.08. The van der Waals surface area contributed by atoms with Crippen LogP contribution in [-0.2, 0) is 19.4 Å². The number of benzene rings is 2. The predicted molar refractivity (Wildman–Crippen MR) is 75.2 cm³/mol. The Hall–Kier alpha value is -1.80. The van der Waals surface area contributed by atoms with E-state index in [-0.39, 0.29) is 6.61 Å². The Morgan fingerprint density at radius 2 is 1.79 bits per heavy atom. The van der Waals surface area contributed by atoms with Crippen LogP contribution < -0.4 is 4.74 Å². The van der Waals surface area contributed by atoms with Crippen LogP contribution in [0.25, 0.3) is 0 Å². The van der Waals surface area contributed by atoms with Gasteiger partial charge in [0.05, 0.1) is 0 Å². The number of aliphatic hydroxyl groups excluding tert-OH is 1. The molecular weight excluding hydrogens is 236 g/mol. The molecule has 0 radical (unpaired) electrons. The van der Waals surface area contributed by atoms with Crippen molar-refractivity contribution in [1.29, 1.82) is 0 Å². The summed E-state index contributed by atoms with van der Waals surface area (Å²) >= 11 is 0. The van der Waals surface area contributed by atoms with E-state index in [0.717, 1.165) is 18.6 Å². The first kappa shape index (κ1) is 12.2. The van der Waals surface area contributed by atoms with Gasteiger partial charge in [-0.3, -0.25) is 0 Å². The lowest BCUT2D eigenvalue weighted by molar-refractivity contribution is 0.232. The van der Waals surface area contributed by atoms with Crippen molar-refractivity contribution < 1.29 is 9.84 Å². The highest BCUT2D eigenvalue weighted by molar-refractivity contribution is 5.39. The third-order valence-electron chi connectivity index (χ3n) is 3.70. The molecule has 2 heteroatoms. The first-order chi connectivity index (χ1) is 9.35. The van der Waals surface area contributed by atoms with Gasteiger partial charge in [-0.2, -0.15) is 0 Å². The summed E-state index contributed by atoms with van der Waals surface area (Å²) in [6, 6.07) is 16.5. The van der Waals surface area contributed by atoms with Gasteiger partial charge in [0.25, 0.3) is 0 Å². The third-order valence-corrected chi connectivity index (χ3v) is 3.70. The molecule has 1 atom stereocenters. The Morgan fingerprint density at radius 3 is 2.58 bits per heavy atom. The molecule has 0 aliphatic heterocycles. The van der Waals surface area contributed by atoms with E-state index >= 15 is 0 Å². The van der Waals surface area contributed by atoms with Crippen LogP contribution in [0.5, 0.6) is 5.75 Å². The van der Waals surface area contributed by atoms with E-state index in [1.165, 1.54) is 16.7 Å². The number of ether oxygens (including phenoxy) is 1. The predicted octanol–water partition coefficient (Wildman–Crippen LogP) is 2.97. The van der Waals surface area contributed by atoms with Gasteiger partial charge in [0.15, 0.2) is 0 Å². The van der Waals surface area contributed by atoms with Gasteiger partial charge in [0.1, 0.15) is 12.4 Å². The second-order valence-electron chi connectivity index (χ2n) is 5.16. The molecule has 0 heterocycles. The molecule has 0 saturated heterocycles. The van der Waals surface area contributed by atoms with Crippen LogP contribution in [0.3, 0.4) is 0 Å². The average molecular weight is 254 g/mol. The topological polar surface area (TPSA) is 29.5 Å². The third kappa shape index (κ3) is 2.79. The van der Waals surface area contributed by atoms with E-state index in [1.807, 2.05) is 24.3 Å². The molecule has 1 N–H and O–H groups in total. The zero-order valence-corrected chi connectivity index (χ0v) is 10.9. The van der Waals surface area contributed by atoms with Crippen molar-refractivity contribution in [2.24, 2.45) is 5.92 Å². The molecule has 0 fully saturated rings. The molecule has 0 amide bonds. The lowest BCUT2D eigenvalue weighted by atomic mass is 10.1. The fourth-order valence-electron chi connectivity index (χ4n) is 2.65. The monoisotopic (exact) mass is 254 g/mol. The van der Waals surface area contributed by atoms with Gasteiger partial charge >= 0.3 is 0 Å². The van der Waals surface area contributed by atoms with E-state index < -0.39 is 0 Å². The van der Waals surface area contributed by atoms with Gasteiger partial charge in [-0.25, -0.2) is 0 Å². The Balaban J connectivity index is 1.67. The zero-order valence-electron chi connectivity index (χ0n) is 10.9. The second kappa shape index (κ2) is 5.45. The standard InChI is InChI=1S/C17H18O2/c18-11-14-8-15-6-7-17(10-16(15)9-14)19-12-13-4-2-1-3-5-13/h1-7,10,14,18H,8-9,11-12H2. The van der Waals surface area contributed by atoms with E-state index in [0.29, 0.717) is 12.5 Å². The SMILES string of the molecule is OCC1Cc2ccc(OCc3ccccc3)cc2C1. The summed E-state index contributed by atoms with van der Waals surface area (Å²) < 4.78 is 5.82. The minimum absolute atomic E-state index is 0.273. The second-order valence-corrected chi connectivity index (χ2v) is 5.16. The molecule has 2 aromatic rings. The number of hydrogen-bond acceptors (Lipinski definition) is 2. The molecule has 98 valence electrons. The van der Waals surface area contributed by atoms with Gasteiger partial charge in [0, 0.05) is 6.61 Å². The molecule has 0 saturated carbocycles. The first-order valence-corrected chi connectivity index (χ1v) is 6.74. The van der Waals surface area contributed by atoms with Crippen LogP contribution in [0.2, 0.25) is 0 Å². The maximum absolute atomic E-state index is 9.23. The highest BCUT2D eigenvalue weighted by Gasteiger charge is 2.20. The minimum atomic E-state index is 0.273. The Morgan fingerprint density at radius 1 is 1.00 bits per heavy atom. The summed E-state index contributed by atoms with van der Waals surface area (Å²) in [5.41, 5.74) is 3.85. The summed E-state index contributed by atoms with van der Waals surface area (Å²) in [7, 11) is 0. The van der Waals surface area contributed by atoms with Gasteiger partial charge in [-0.15, -0.1) is 0 Å². The maximum atomic E-state index is 9.23. The molecule has 1 aliphatic carbocycles. The molecular formula is C17H18O2. The summed E-state index contributed by atoms with van der Waals surface area (Å²) in [6.07, 6.45) is 1.96. The average Bonchev–Trinajstić information content (AvgIpc) is 2.88. The molecule has 1 aliphatic rings. The van der Waals surface area contributed by atoms with Crippen molar-refractivity contribution in [1.82, 2.24) is 0 Å². The largest absolute Gasteiger partial charge is 0.489 e. The van der Waals surface area contributed by atoms with Crippen molar-refractivity contribution in [3.63, 3.8) is 0 Å². The quantitative estimate of drug-likeness (QED) is 0.909. The minimum Gasteiger partial charge on any atom is -0.489 e. The van der Waals surface area contributed by atoms with Crippen LogP contribution in [0.1, 0.15) is 16.7 Å². The van der Waals surface area contributed by atoms with E-state index in [2.05, 4.69) is 24.3 Å². The molecule has 2 aromatic carbocycles. The summed E-state index contributed by atoms with van der Waals surface area (Å²) in [5.74, 6) is 1.31. The zero-order chi connectivity index (χ0) is 13.1. The smallest absolute Gasteiger partial charge is 0.120 e. The fourth-order valence-corrected chi connectivity index (χ4v) is 2.65. The van der Waals surface area contributed by atoms with Crippen LogP contribution in [0.4, 0.5) is 0 Å². The van der Waals surface area contributed by atoms with Crippen molar-refractivity contribution >= 4 is 0 Å². The molecule has 0 bridgehead atoms. The molecule has 1 unspecified atom stereocenters. The van der Waals surface area contributed by atoms with E-state index in [4.69, 9.17) is 4.74 Å².